The Kier molecular flexibility index (Phi) is 6.69. The molecule has 0 aliphatic carbocycles. The minimum atomic E-state index is -0.158. The molecule has 2 rings (SSSR count). The number of nitrogens with one attached hydrogen (secondary N) is 2. The van der Waals surface area contributed by atoms with E-state index in [1.54, 1.807) is 25.1 Å². The van der Waals surface area contributed by atoms with E-state index >= 15 is 0 Å². The van der Waals surface area contributed by atoms with E-state index in [1.165, 1.54) is 0 Å². The second kappa shape index (κ2) is 8.52. The van der Waals surface area contributed by atoms with Gasteiger partial charge in [-0.05, 0) is 38.0 Å². The zero-order chi connectivity index (χ0) is 16.8. The van der Waals surface area contributed by atoms with Crippen molar-refractivity contribution in [2.24, 2.45) is 5.92 Å². The number of likely N-dealkylation sites (tertiary alicyclic amines) is 1. The monoisotopic (exact) mass is 359 g/mol. The van der Waals surface area contributed by atoms with Gasteiger partial charge in [-0.15, -0.1) is 0 Å². The fraction of sp³-hybridized carbons (Fsp3) is 0.500. The molecule has 0 saturated carbocycles. The standard InChI is InChI=1S/C16H20Cl2N2O3/c1-2-23-16(22)11-4-3-7-20(9-11)10-15(21)19-12-5-6-13(17)14(18)8-12/h5-6,8,11H,2-4,7,9-10H2,1H3,(H,19,21)/p+1/t11-/m0/s1. The van der Waals surface area contributed by atoms with Gasteiger partial charge in [0, 0.05) is 5.69 Å². The molecule has 23 heavy (non-hydrogen) atoms. The maximum absolute atomic E-state index is 12.2. The van der Waals surface area contributed by atoms with Gasteiger partial charge in [-0.3, -0.25) is 9.59 Å². The van der Waals surface area contributed by atoms with Gasteiger partial charge in [0.1, 0.15) is 5.92 Å². The highest BCUT2D eigenvalue weighted by Gasteiger charge is 2.30. The minimum absolute atomic E-state index is 0.108. The Labute approximate surface area is 145 Å². The summed E-state index contributed by atoms with van der Waals surface area (Å²) in [5.41, 5.74) is 0.614. The first kappa shape index (κ1) is 18.0. The van der Waals surface area contributed by atoms with Gasteiger partial charge < -0.3 is 15.0 Å². The van der Waals surface area contributed by atoms with Crippen LogP contribution in [0.2, 0.25) is 10.0 Å². The molecule has 1 fully saturated rings. The van der Waals surface area contributed by atoms with Crippen molar-refractivity contribution in [2.75, 3.05) is 31.6 Å². The van der Waals surface area contributed by atoms with Crippen molar-refractivity contribution in [3.63, 3.8) is 0 Å². The summed E-state index contributed by atoms with van der Waals surface area (Å²) in [5, 5.41) is 3.66. The van der Waals surface area contributed by atoms with Crippen LogP contribution in [0.15, 0.2) is 18.2 Å². The maximum atomic E-state index is 12.2. The fourth-order valence-electron chi connectivity index (χ4n) is 2.78. The minimum Gasteiger partial charge on any atom is -0.466 e. The smallest absolute Gasteiger partial charge is 0.314 e. The zero-order valence-corrected chi connectivity index (χ0v) is 14.5. The van der Waals surface area contributed by atoms with E-state index in [0.29, 0.717) is 35.4 Å². The summed E-state index contributed by atoms with van der Waals surface area (Å²) in [5.74, 6) is -0.381. The molecule has 1 unspecified atom stereocenters. The van der Waals surface area contributed by atoms with Crippen LogP contribution in [0.3, 0.4) is 0 Å². The zero-order valence-electron chi connectivity index (χ0n) is 13.0. The molecule has 0 spiro atoms. The molecule has 1 saturated heterocycles. The SMILES string of the molecule is CCOC(=O)[C@H]1CCC[NH+](CC(=O)Nc2ccc(Cl)c(Cl)c2)C1. The molecule has 0 bridgehead atoms. The van der Waals surface area contributed by atoms with Crippen LogP contribution in [-0.2, 0) is 14.3 Å². The lowest BCUT2D eigenvalue weighted by molar-refractivity contribution is -0.899. The number of esters is 1. The van der Waals surface area contributed by atoms with Crippen molar-refractivity contribution >= 4 is 40.8 Å². The molecule has 7 heteroatoms. The van der Waals surface area contributed by atoms with E-state index in [2.05, 4.69) is 5.32 Å². The number of benzene rings is 1. The Morgan fingerprint density at radius 2 is 2.13 bits per heavy atom. The van der Waals surface area contributed by atoms with Crippen LogP contribution in [0.25, 0.3) is 0 Å². The molecule has 5 nitrogen and oxygen atoms in total. The number of rotatable bonds is 5. The van der Waals surface area contributed by atoms with E-state index in [-0.39, 0.29) is 17.8 Å². The molecule has 126 valence electrons. The van der Waals surface area contributed by atoms with Crippen LogP contribution >= 0.6 is 23.2 Å². The van der Waals surface area contributed by atoms with E-state index in [9.17, 15) is 9.59 Å². The molecule has 1 aromatic carbocycles. The lowest BCUT2D eigenvalue weighted by Crippen LogP contribution is -3.14. The number of anilines is 1. The second-order valence-corrected chi connectivity index (χ2v) is 6.46. The summed E-state index contributed by atoms with van der Waals surface area (Å²) in [4.78, 5) is 25.1. The Hall–Kier alpha value is -1.30. The third-order valence-electron chi connectivity index (χ3n) is 3.85. The predicted molar refractivity (Wildman–Crippen MR) is 90.0 cm³/mol. The van der Waals surface area contributed by atoms with Crippen molar-refractivity contribution in [3.8, 4) is 0 Å². The van der Waals surface area contributed by atoms with Gasteiger partial charge in [0.05, 0.1) is 29.7 Å². The summed E-state index contributed by atoms with van der Waals surface area (Å²) in [6.45, 7) is 4.02. The average molecular weight is 360 g/mol. The van der Waals surface area contributed by atoms with Crippen molar-refractivity contribution in [1.29, 1.82) is 0 Å². The molecule has 1 heterocycles. The highest BCUT2D eigenvalue weighted by Crippen LogP contribution is 2.24. The van der Waals surface area contributed by atoms with Gasteiger partial charge in [0.25, 0.3) is 5.91 Å². The van der Waals surface area contributed by atoms with Crippen LogP contribution in [0.4, 0.5) is 5.69 Å². The van der Waals surface area contributed by atoms with Crippen LogP contribution in [0.5, 0.6) is 0 Å². The normalized spacial score (nSPS) is 20.8. The number of ether oxygens (including phenoxy) is 1. The molecule has 1 amide bonds. The van der Waals surface area contributed by atoms with Crippen LogP contribution in [0, 0.1) is 5.92 Å². The average Bonchev–Trinajstić information content (AvgIpc) is 2.51. The summed E-state index contributed by atoms with van der Waals surface area (Å²) < 4.78 is 5.07. The third kappa shape index (κ3) is 5.37. The summed E-state index contributed by atoms with van der Waals surface area (Å²) in [7, 11) is 0. The number of hydrogen-bond acceptors (Lipinski definition) is 3. The number of piperidine rings is 1. The molecular formula is C16H21Cl2N2O3+. The van der Waals surface area contributed by atoms with Crippen LogP contribution in [-0.4, -0.2) is 38.1 Å². The van der Waals surface area contributed by atoms with Gasteiger partial charge >= 0.3 is 5.97 Å². The first-order chi connectivity index (χ1) is 11.0. The van der Waals surface area contributed by atoms with Gasteiger partial charge in [0.15, 0.2) is 6.54 Å². The van der Waals surface area contributed by atoms with Crippen molar-refractivity contribution < 1.29 is 19.2 Å². The quantitative estimate of drug-likeness (QED) is 0.788. The number of hydrogen-bond donors (Lipinski definition) is 2. The number of carbonyl (C=O) groups excluding carboxylic acids is 2. The number of carbonyl (C=O) groups is 2. The lowest BCUT2D eigenvalue weighted by Gasteiger charge is -2.28. The Morgan fingerprint density at radius 1 is 1.35 bits per heavy atom. The van der Waals surface area contributed by atoms with E-state index in [1.807, 2.05) is 0 Å². The Morgan fingerprint density at radius 3 is 2.83 bits per heavy atom. The summed E-state index contributed by atoms with van der Waals surface area (Å²) in [6.07, 6.45) is 1.75. The van der Waals surface area contributed by atoms with Crippen molar-refractivity contribution in [2.45, 2.75) is 19.8 Å². The predicted octanol–water partition coefficient (Wildman–Crippen LogP) is 1.79. The van der Waals surface area contributed by atoms with E-state index < -0.39 is 0 Å². The highest BCUT2D eigenvalue weighted by molar-refractivity contribution is 6.42. The van der Waals surface area contributed by atoms with Crippen molar-refractivity contribution in [3.05, 3.63) is 28.2 Å². The third-order valence-corrected chi connectivity index (χ3v) is 4.59. The molecule has 1 aliphatic heterocycles. The first-order valence-electron chi connectivity index (χ1n) is 7.74. The molecule has 0 aromatic heterocycles. The Balaban J connectivity index is 1.86. The highest BCUT2D eigenvalue weighted by atomic mass is 35.5. The van der Waals surface area contributed by atoms with Gasteiger partial charge in [-0.25, -0.2) is 0 Å². The molecular weight excluding hydrogens is 339 g/mol. The van der Waals surface area contributed by atoms with Gasteiger partial charge in [-0.1, -0.05) is 23.2 Å². The largest absolute Gasteiger partial charge is 0.466 e. The van der Waals surface area contributed by atoms with E-state index in [4.69, 9.17) is 27.9 Å². The maximum Gasteiger partial charge on any atom is 0.314 e. The number of halogens is 2. The molecule has 2 atom stereocenters. The first-order valence-corrected chi connectivity index (χ1v) is 8.50. The lowest BCUT2D eigenvalue weighted by atomic mass is 9.98. The molecule has 1 aromatic rings. The van der Waals surface area contributed by atoms with Crippen LogP contribution in [0.1, 0.15) is 19.8 Å². The number of quaternary nitrogens is 1. The van der Waals surface area contributed by atoms with Gasteiger partial charge in [0.2, 0.25) is 0 Å². The summed E-state index contributed by atoms with van der Waals surface area (Å²) in [6, 6.07) is 4.97. The van der Waals surface area contributed by atoms with E-state index in [0.717, 1.165) is 24.3 Å². The Bertz CT molecular complexity index is 580. The van der Waals surface area contributed by atoms with Gasteiger partial charge in [-0.2, -0.15) is 0 Å². The number of amides is 1. The van der Waals surface area contributed by atoms with Crippen molar-refractivity contribution in [1.82, 2.24) is 0 Å². The molecule has 2 N–H and O–H groups in total. The fourth-order valence-corrected chi connectivity index (χ4v) is 3.08. The molecule has 1 aliphatic rings. The summed E-state index contributed by atoms with van der Waals surface area (Å²) >= 11 is 11.8. The second-order valence-electron chi connectivity index (χ2n) is 5.65. The topological polar surface area (TPSA) is 59.8 Å². The molecule has 0 radical (unpaired) electrons. The van der Waals surface area contributed by atoms with Crippen LogP contribution < -0.4 is 10.2 Å².